The van der Waals surface area contributed by atoms with E-state index in [2.05, 4.69) is 0 Å². The van der Waals surface area contributed by atoms with Crippen molar-refractivity contribution in [3.05, 3.63) is 51.6 Å². The Kier molecular flexibility index (Phi) is 4.00. The number of non-ortho nitro benzene ring substituents is 1. The summed E-state index contributed by atoms with van der Waals surface area (Å²) in [6.45, 7) is 3.63. The zero-order valence-electron chi connectivity index (χ0n) is 13.2. The normalized spacial score (nSPS) is 37.0. The molecule has 2 aliphatic rings. The highest BCUT2D eigenvalue weighted by atomic mass is 16.6. The van der Waals surface area contributed by atoms with Crippen molar-refractivity contribution in [2.75, 3.05) is 0 Å². The van der Waals surface area contributed by atoms with Gasteiger partial charge in [-0.15, -0.1) is 0 Å². The SMILES string of the molecule is CC1=CC[C@@H]2[C@@H](OC(c3ccc([N+](=O)[O-])cc3)CC2(C)O)[C@@H]1O. The van der Waals surface area contributed by atoms with Gasteiger partial charge in [-0.2, -0.15) is 0 Å². The Morgan fingerprint density at radius 3 is 2.61 bits per heavy atom. The molecule has 5 atom stereocenters. The molecule has 1 heterocycles. The second-order valence-corrected chi connectivity index (χ2v) is 6.73. The monoisotopic (exact) mass is 319 g/mol. The van der Waals surface area contributed by atoms with Crippen LogP contribution in [-0.4, -0.2) is 32.9 Å². The Morgan fingerprint density at radius 2 is 2.00 bits per heavy atom. The lowest BCUT2D eigenvalue weighted by Gasteiger charge is -2.49. The lowest BCUT2D eigenvalue weighted by atomic mass is 9.70. The predicted molar refractivity (Wildman–Crippen MR) is 83.8 cm³/mol. The Morgan fingerprint density at radius 1 is 1.35 bits per heavy atom. The average molecular weight is 319 g/mol. The maximum atomic E-state index is 10.8. The van der Waals surface area contributed by atoms with Crippen LogP contribution in [0, 0.1) is 16.0 Å². The van der Waals surface area contributed by atoms with Crippen LogP contribution < -0.4 is 0 Å². The second-order valence-electron chi connectivity index (χ2n) is 6.73. The quantitative estimate of drug-likeness (QED) is 0.496. The van der Waals surface area contributed by atoms with Gasteiger partial charge in [-0.25, -0.2) is 0 Å². The summed E-state index contributed by atoms with van der Waals surface area (Å²) in [5.74, 6) is -0.157. The highest BCUT2D eigenvalue weighted by molar-refractivity contribution is 5.34. The molecule has 1 fully saturated rings. The molecule has 6 heteroatoms. The van der Waals surface area contributed by atoms with E-state index in [9.17, 15) is 20.3 Å². The summed E-state index contributed by atoms with van der Waals surface area (Å²) in [6.07, 6.45) is 1.42. The van der Waals surface area contributed by atoms with Crippen LogP contribution in [0.15, 0.2) is 35.9 Å². The first-order valence-electron chi connectivity index (χ1n) is 7.76. The van der Waals surface area contributed by atoms with Crippen molar-refractivity contribution in [3.8, 4) is 0 Å². The van der Waals surface area contributed by atoms with Crippen LogP contribution in [-0.2, 0) is 4.74 Å². The third-order valence-electron chi connectivity index (χ3n) is 5.06. The highest BCUT2D eigenvalue weighted by Crippen LogP contribution is 2.46. The van der Waals surface area contributed by atoms with E-state index in [-0.39, 0.29) is 11.6 Å². The topological polar surface area (TPSA) is 92.8 Å². The van der Waals surface area contributed by atoms with Gasteiger partial charge in [0.1, 0.15) is 6.10 Å². The fraction of sp³-hybridized carbons (Fsp3) is 0.529. The number of fused-ring (bicyclic) bond motifs is 1. The second kappa shape index (κ2) is 5.70. The summed E-state index contributed by atoms with van der Waals surface area (Å²) in [4.78, 5) is 10.3. The molecule has 2 N–H and O–H groups in total. The van der Waals surface area contributed by atoms with Crippen LogP contribution in [0.4, 0.5) is 5.69 Å². The van der Waals surface area contributed by atoms with Crippen LogP contribution in [0.25, 0.3) is 0 Å². The van der Waals surface area contributed by atoms with Crippen LogP contribution in [0.2, 0.25) is 0 Å². The molecule has 0 saturated carbocycles. The van der Waals surface area contributed by atoms with E-state index in [1.807, 2.05) is 13.0 Å². The molecule has 1 saturated heterocycles. The van der Waals surface area contributed by atoms with Crippen molar-refractivity contribution >= 4 is 5.69 Å². The van der Waals surface area contributed by atoms with E-state index in [0.717, 1.165) is 11.1 Å². The fourth-order valence-electron chi connectivity index (χ4n) is 3.60. The van der Waals surface area contributed by atoms with Gasteiger partial charge in [0.15, 0.2) is 0 Å². The van der Waals surface area contributed by atoms with Gasteiger partial charge >= 0.3 is 0 Å². The lowest BCUT2D eigenvalue weighted by molar-refractivity contribution is -0.384. The summed E-state index contributed by atoms with van der Waals surface area (Å²) >= 11 is 0. The minimum Gasteiger partial charge on any atom is -0.390 e. The van der Waals surface area contributed by atoms with E-state index in [4.69, 9.17) is 4.74 Å². The Bertz CT molecular complexity index is 637. The maximum absolute atomic E-state index is 10.8. The minimum atomic E-state index is -0.965. The lowest BCUT2D eigenvalue weighted by Crippen LogP contribution is -2.55. The smallest absolute Gasteiger partial charge is 0.269 e. The van der Waals surface area contributed by atoms with Gasteiger partial charge in [0.2, 0.25) is 0 Å². The highest BCUT2D eigenvalue weighted by Gasteiger charge is 2.49. The summed E-state index contributed by atoms with van der Waals surface area (Å²) in [6, 6.07) is 6.16. The third kappa shape index (κ3) is 2.89. The van der Waals surface area contributed by atoms with E-state index in [1.165, 1.54) is 12.1 Å². The van der Waals surface area contributed by atoms with Gasteiger partial charge in [0, 0.05) is 24.5 Å². The van der Waals surface area contributed by atoms with Gasteiger partial charge in [0.25, 0.3) is 5.69 Å². The van der Waals surface area contributed by atoms with Crippen molar-refractivity contribution in [2.45, 2.75) is 50.6 Å². The first kappa shape index (κ1) is 16.1. The number of nitro groups is 1. The van der Waals surface area contributed by atoms with Crippen molar-refractivity contribution in [1.29, 1.82) is 0 Å². The molecule has 124 valence electrons. The maximum Gasteiger partial charge on any atom is 0.269 e. The molecular weight excluding hydrogens is 298 g/mol. The number of nitro benzene ring substituents is 1. The van der Waals surface area contributed by atoms with Crippen LogP contribution in [0.1, 0.15) is 38.4 Å². The van der Waals surface area contributed by atoms with Crippen molar-refractivity contribution in [1.82, 2.24) is 0 Å². The molecular formula is C17H21NO5. The van der Waals surface area contributed by atoms with Crippen LogP contribution >= 0.6 is 0 Å². The minimum absolute atomic E-state index is 0.0191. The van der Waals surface area contributed by atoms with Gasteiger partial charge in [-0.3, -0.25) is 10.1 Å². The standard InChI is InChI=1S/C17H21NO5/c1-10-3-8-13-16(15(10)19)23-14(9-17(13,2)20)11-4-6-12(7-5-11)18(21)22/h3-7,13-16,19-20H,8-9H2,1-2H3/t13-,14?,15-,16-,17?/m1/s1. The summed E-state index contributed by atoms with van der Waals surface area (Å²) in [5, 5.41) is 32.0. The molecule has 3 rings (SSSR count). The first-order chi connectivity index (χ1) is 10.8. The number of hydrogen-bond acceptors (Lipinski definition) is 5. The van der Waals surface area contributed by atoms with Crippen LogP contribution in [0.3, 0.4) is 0 Å². The molecule has 23 heavy (non-hydrogen) atoms. The molecule has 1 aromatic rings. The van der Waals surface area contributed by atoms with Crippen molar-refractivity contribution in [3.63, 3.8) is 0 Å². The average Bonchev–Trinajstić information content (AvgIpc) is 2.50. The zero-order chi connectivity index (χ0) is 16.8. The van der Waals surface area contributed by atoms with Crippen molar-refractivity contribution < 1.29 is 19.9 Å². The number of aliphatic hydroxyl groups is 2. The fourth-order valence-corrected chi connectivity index (χ4v) is 3.60. The summed E-state index contributed by atoms with van der Waals surface area (Å²) in [5.41, 5.74) is 0.680. The van der Waals surface area contributed by atoms with E-state index >= 15 is 0 Å². The van der Waals surface area contributed by atoms with Gasteiger partial charge in [-0.05, 0) is 43.5 Å². The largest absolute Gasteiger partial charge is 0.390 e. The Hall–Kier alpha value is -1.76. The first-order valence-corrected chi connectivity index (χ1v) is 7.76. The molecule has 0 aromatic heterocycles. The Balaban J connectivity index is 1.87. The van der Waals surface area contributed by atoms with Gasteiger partial charge in [0.05, 0.1) is 22.7 Å². The molecule has 2 unspecified atom stereocenters. The number of hydrogen-bond donors (Lipinski definition) is 2. The molecule has 1 aromatic carbocycles. The number of nitrogens with zero attached hydrogens (tertiary/aromatic N) is 1. The Labute approximate surface area is 134 Å². The molecule has 1 aliphatic heterocycles. The van der Waals surface area contributed by atoms with E-state index < -0.39 is 28.8 Å². The number of aliphatic hydroxyl groups excluding tert-OH is 1. The molecule has 6 nitrogen and oxygen atoms in total. The summed E-state index contributed by atoms with van der Waals surface area (Å²) in [7, 11) is 0. The predicted octanol–water partition coefficient (Wildman–Crippen LogP) is 2.50. The summed E-state index contributed by atoms with van der Waals surface area (Å²) < 4.78 is 6.07. The van der Waals surface area contributed by atoms with Crippen LogP contribution in [0.5, 0.6) is 0 Å². The zero-order valence-corrected chi connectivity index (χ0v) is 13.2. The third-order valence-corrected chi connectivity index (χ3v) is 5.06. The molecule has 0 bridgehead atoms. The molecule has 0 amide bonds. The molecule has 0 spiro atoms. The molecule has 1 aliphatic carbocycles. The van der Waals surface area contributed by atoms with E-state index in [1.54, 1.807) is 19.1 Å². The number of ether oxygens (including phenoxy) is 1. The van der Waals surface area contributed by atoms with Crippen molar-refractivity contribution in [2.24, 2.45) is 5.92 Å². The molecule has 0 radical (unpaired) electrons. The van der Waals surface area contributed by atoms with E-state index in [0.29, 0.717) is 12.8 Å². The number of benzene rings is 1. The van der Waals surface area contributed by atoms with Gasteiger partial charge in [-0.1, -0.05) is 6.08 Å². The number of allylic oxidation sites excluding steroid dienone is 1. The van der Waals surface area contributed by atoms with Gasteiger partial charge < -0.3 is 14.9 Å². The number of rotatable bonds is 2.